The molecule has 6 rings (SSSR count). The van der Waals surface area contributed by atoms with E-state index in [0.717, 1.165) is 41.1 Å². The van der Waals surface area contributed by atoms with Gasteiger partial charge in [0.2, 0.25) is 11.8 Å². The van der Waals surface area contributed by atoms with E-state index in [0.29, 0.717) is 18.5 Å². The summed E-state index contributed by atoms with van der Waals surface area (Å²) in [5.74, 6) is -0.887. The molecule has 0 spiro atoms. The van der Waals surface area contributed by atoms with Gasteiger partial charge in [0.05, 0.1) is 12.2 Å². The van der Waals surface area contributed by atoms with Crippen LogP contribution in [-0.4, -0.2) is 43.7 Å². The molecule has 1 N–H and O–H groups in total. The Hall–Kier alpha value is -3.52. The minimum Gasteiger partial charge on any atom is -0.322 e. The van der Waals surface area contributed by atoms with E-state index in [1.54, 1.807) is 11.0 Å². The van der Waals surface area contributed by atoms with Crippen molar-refractivity contribution in [1.29, 1.82) is 0 Å². The number of piperidine rings is 1. The number of hydrogen-bond donors (Lipinski definition) is 1. The number of amides is 3. The molecule has 0 saturated carbocycles. The molecule has 2 atom stereocenters. The number of halogens is 1. The van der Waals surface area contributed by atoms with Gasteiger partial charge in [0, 0.05) is 29.1 Å². The van der Waals surface area contributed by atoms with E-state index in [4.69, 9.17) is 11.6 Å². The van der Waals surface area contributed by atoms with Crippen molar-refractivity contribution in [2.24, 2.45) is 0 Å². The van der Waals surface area contributed by atoms with Crippen molar-refractivity contribution in [3.63, 3.8) is 0 Å². The van der Waals surface area contributed by atoms with Crippen LogP contribution in [0.15, 0.2) is 42.6 Å². The maximum atomic E-state index is 12.9. The second kappa shape index (κ2) is 8.06. The van der Waals surface area contributed by atoms with Crippen LogP contribution in [-0.2, 0) is 22.6 Å². The lowest BCUT2D eigenvalue weighted by atomic mass is 9.88. The van der Waals surface area contributed by atoms with E-state index in [9.17, 15) is 14.4 Å². The molecule has 0 bridgehead atoms. The van der Waals surface area contributed by atoms with E-state index < -0.39 is 11.9 Å². The first kappa shape index (κ1) is 21.0. The molecule has 3 aliphatic rings. The summed E-state index contributed by atoms with van der Waals surface area (Å²) in [5.41, 5.74) is 5.50. The van der Waals surface area contributed by atoms with E-state index in [2.05, 4.69) is 21.7 Å². The maximum Gasteiger partial charge on any atom is 0.255 e. The Balaban J connectivity index is 1.26. The first-order valence-corrected chi connectivity index (χ1v) is 11.8. The highest BCUT2D eigenvalue weighted by Gasteiger charge is 2.39. The number of nitrogens with zero attached hydrogens (tertiary/aromatic N) is 4. The predicted molar refractivity (Wildman–Crippen MR) is 124 cm³/mol. The first-order chi connectivity index (χ1) is 16.5. The fraction of sp³-hybridized carbons (Fsp3) is 0.320. The number of rotatable bonds is 3. The van der Waals surface area contributed by atoms with Gasteiger partial charge >= 0.3 is 0 Å². The van der Waals surface area contributed by atoms with Gasteiger partial charge in [-0.1, -0.05) is 28.9 Å². The summed E-state index contributed by atoms with van der Waals surface area (Å²) in [6, 6.07) is 11.1. The maximum absolute atomic E-state index is 12.9. The first-order valence-electron chi connectivity index (χ1n) is 11.5. The smallest absolute Gasteiger partial charge is 0.255 e. The minimum atomic E-state index is -0.625. The SMILES string of the molecule is O=C1CCC(N2Cc3cc(-c4cn([C@H]5CCCc6ccc(Cl)cc65)nn4)ccc3C2=O)C(=O)N1. The summed E-state index contributed by atoms with van der Waals surface area (Å²) >= 11 is 6.26. The molecule has 0 radical (unpaired) electrons. The fourth-order valence-electron chi connectivity index (χ4n) is 5.31. The van der Waals surface area contributed by atoms with Crippen LogP contribution in [0.2, 0.25) is 5.02 Å². The molecule has 3 heterocycles. The lowest BCUT2D eigenvalue weighted by Crippen LogP contribution is -2.52. The van der Waals surface area contributed by atoms with Crippen molar-refractivity contribution in [3.8, 4) is 11.3 Å². The summed E-state index contributed by atoms with van der Waals surface area (Å²) in [6.07, 6.45) is 5.60. The van der Waals surface area contributed by atoms with Crippen molar-refractivity contribution in [2.45, 2.75) is 50.7 Å². The Kier molecular flexibility index (Phi) is 4.99. The molecule has 3 amide bonds. The molecular weight excluding hydrogens is 454 g/mol. The minimum absolute atomic E-state index is 0.0859. The van der Waals surface area contributed by atoms with Gasteiger partial charge in [0.15, 0.2) is 0 Å². The summed E-state index contributed by atoms with van der Waals surface area (Å²) < 4.78 is 1.90. The highest BCUT2D eigenvalue weighted by Crippen LogP contribution is 2.35. The number of nitrogens with one attached hydrogen (secondary N) is 1. The largest absolute Gasteiger partial charge is 0.322 e. The lowest BCUT2D eigenvalue weighted by molar-refractivity contribution is -0.136. The number of carbonyl (C=O) groups excluding carboxylic acids is 3. The molecule has 2 aliphatic heterocycles. The van der Waals surface area contributed by atoms with Crippen molar-refractivity contribution in [1.82, 2.24) is 25.2 Å². The molecule has 8 nitrogen and oxygen atoms in total. The van der Waals surface area contributed by atoms with Gasteiger partial charge in [-0.2, -0.15) is 0 Å². The van der Waals surface area contributed by atoms with Gasteiger partial charge in [0.1, 0.15) is 11.7 Å². The second-order valence-corrected chi connectivity index (χ2v) is 9.54. The zero-order valence-electron chi connectivity index (χ0n) is 18.3. The molecule has 1 unspecified atom stereocenters. The summed E-state index contributed by atoms with van der Waals surface area (Å²) in [5, 5.41) is 11.9. The standard InChI is InChI=1S/C25H22ClN5O3/c26-17-6-4-14-2-1-3-21(19(14)11-17)31-13-20(28-29-31)15-5-7-18-16(10-15)12-30(25(18)34)22-8-9-23(32)27-24(22)33/h4-7,10-11,13,21-22H,1-3,8-9,12H2,(H,27,32,33)/t21-,22?/m0/s1. The molecule has 2 aromatic carbocycles. The van der Waals surface area contributed by atoms with Gasteiger partial charge in [-0.3, -0.25) is 19.7 Å². The Morgan fingerprint density at radius 3 is 2.71 bits per heavy atom. The van der Waals surface area contributed by atoms with Crippen LogP contribution in [0.3, 0.4) is 0 Å². The average Bonchev–Trinajstić information content (AvgIpc) is 3.44. The number of aromatic nitrogens is 3. The van der Waals surface area contributed by atoms with Gasteiger partial charge in [-0.25, -0.2) is 4.68 Å². The quantitative estimate of drug-likeness (QED) is 0.586. The third kappa shape index (κ3) is 3.49. The Morgan fingerprint density at radius 1 is 0.971 bits per heavy atom. The Labute approximate surface area is 200 Å². The zero-order valence-corrected chi connectivity index (χ0v) is 19.1. The number of fused-ring (bicyclic) bond motifs is 2. The van der Waals surface area contributed by atoms with Gasteiger partial charge in [-0.05, 0) is 66.6 Å². The highest BCUT2D eigenvalue weighted by atomic mass is 35.5. The normalized spacial score (nSPS) is 21.9. The van der Waals surface area contributed by atoms with Crippen LogP contribution in [0.25, 0.3) is 11.3 Å². The average molecular weight is 476 g/mol. The lowest BCUT2D eigenvalue weighted by Gasteiger charge is -2.29. The summed E-state index contributed by atoms with van der Waals surface area (Å²) in [6.45, 7) is 0.330. The zero-order chi connectivity index (χ0) is 23.4. The monoisotopic (exact) mass is 475 g/mol. The molecule has 172 valence electrons. The number of carbonyl (C=O) groups is 3. The van der Waals surface area contributed by atoms with Crippen molar-refractivity contribution < 1.29 is 14.4 Å². The molecule has 1 saturated heterocycles. The van der Waals surface area contributed by atoms with E-state index in [1.165, 1.54) is 11.1 Å². The topological polar surface area (TPSA) is 97.2 Å². The van der Waals surface area contributed by atoms with E-state index in [-0.39, 0.29) is 24.3 Å². The molecule has 1 fully saturated rings. The van der Waals surface area contributed by atoms with Crippen LogP contribution < -0.4 is 5.32 Å². The molecule has 1 aliphatic carbocycles. The Morgan fingerprint density at radius 2 is 1.85 bits per heavy atom. The summed E-state index contributed by atoms with van der Waals surface area (Å²) in [4.78, 5) is 38.3. The van der Waals surface area contributed by atoms with Gasteiger partial charge < -0.3 is 4.90 Å². The van der Waals surface area contributed by atoms with E-state index in [1.807, 2.05) is 35.1 Å². The molecule has 9 heteroatoms. The van der Waals surface area contributed by atoms with Gasteiger partial charge in [0.25, 0.3) is 5.91 Å². The highest BCUT2D eigenvalue weighted by molar-refractivity contribution is 6.30. The molecular formula is C25H22ClN5O3. The third-order valence-electron chi connectivity index (χ3n) is 7.04. The predicted octanol–water partition coefficient (Wildman–Crippen LogP) is 3.29. The molecule has 1 aromatic heterocycles. The Bertz CT molecular complexity index is 1350. The fourth-order valence-corrected chi connectivity index (χ4v) is 5.50. The molecule has 34 heavy (non-hydrogen) atoms. The van der Waals surface area contributed by atoms with Crippen LogP contribution in [0, 0.1) is 0 Å². The number of aryl methyl sites for hydroxylation is 1. The van der Waals surface area contributed by atoms with Crippen molar-refractivity contribution in [3.05, 3.63) is 69.9 Å². The van der Waals surface area contributed by atoms with E-state index >= 15 is 0 Å². The van der Waals surface area contributed by atoms with Crippen LogP contribution in [0.1, 0.15) is 58.8 Å². The number of imide groups is 1. The van der Waals surface area contributed by atoms with Crippen molar-refractivity contribution >= 4 is 29.3 Å². The van der Waals surface area contributed by atoms with Crippen LogP contribution in [0.5, 0.6) is 0 Å². The van der Waals surface area contributed by atoms with Crippen LogP contribution in [0.4, 0.5) is 0 Å². The van der Waals surface area contributed by atoms with Crippen LogP contribution >= 0.6 is 11.6 Å². The number of hydrogen-bond acceptors (Lipinski definition) is 5. The van der Waals surface area contributed by atoms with Gasteiger partial charge in [-0.15, -0.1) is 5.10 Å². The van der Waals surface area contributed by atoms with Crippen molar-refractivity contribution in [2.75, 3.05) is 0 Å². The molecule has 3 aromatic rings. The number of benzene rings is 2. The summed E-state index contributed by atoms with van der Waals surface area (Å²) in [7, 11) is 0. The second-order valence-electron chi connectivity index (χ2n) is 9.11. The third-order valence-corrected chi connectivity index (χ3v) is 7.27.